The predicted octanol–water partition coefficient (Wildman–Crippen LogP) is 7.63. The molecule has 1 atom stereocenters. The Morgan fingerprint density at radius 1 is 0.825 bits per heavy atom. The topological polar surface area (TPSA) is 87.3 Å². The molecule has 9 heteroatoms. The van der Waals surface area contributed by atoms with Gasteiger partial charge in [-0.3, -0.25) is 14.4 Å². The van der Waals surface area contributed by atoms with Crippen molar-refractivity contribution in [2.24, 2.45) is 0 Å². The molecule has 0 saturated carbocycles. The maximum Gasteiger partial charge on any atom is 0.272 e. The fraction of sp³-hybridized carbons (Fsp3) is 0.0645. The number of benzene rings is 4. The number of amides is 3. The molecule has 0 aromatic heterocycles. The average Bonchev–Trinajstić information content (AvgIpc) is 2.95. The summed E-state index contributed by atoms with van der Waals surface area (Å²) in [5, 5.41) is 8.65. The molecule has 0 aliphatic heterocycles. The van der Waals surface area contributed by atoms with Gasteiger partial charge in [0.15, 0.2) is 0 Å². The van der Waals surface area contributed by atoms with Crippen LogP contribution in [0.1, 0.15) is 22.8 Å². The van der Waals surface area contributed by atoms with Crippen molar-refractivity contribution in [3.8, 4) is 0 Å². The monoisotopic (exact) mass is 633 g/mol. The van der Waals surface area contributed by atoms with Gasteiger partial charge in [-0.05, 0) is 85.3 Å². The average molecular weight is 635 g/mol. The Morgan fingerprint density at radius 2 is 1.52 bits per heavy atom. The van der Waals surface area contributed by atoms with E-state index in [2.05, 4.69) is 31.9 Å². The molecule has 0 saturated heterocycles. The molecule has 1 unspecified atom stereocenters. The number of rotatable bonds is 9. The Bertz CT molecular complexity index is 1530. The fourth-order valence-electron chi connectivity index (χ4n) is 3.55. The molecular weight excluding hydrogens is 610 g/mol. The minimum Gasteiger partial charge on any atom is -0.325 e. The maximum atomic E-state index is 13.3. The van der Waals surface area contributed by atoms with Crippen LogP contribution < -0.4 is 16.0 Å². The van der Waals surface area contributed by atoms with Crippen LogP contribution in [0, 0.1) is 0 Å². The number of carbonyl (C=O) groups is 3. The van der Waals surface area contributed by atoms with Crippen molar-refractivity contribution in [1.29, 1.82) is 0 Å². The zero-order chi connectivity index (χ0) is 28.5. The zero-order valence-corrected chi connectivity index (χ0v) is 24.5. The van der Waals surface area contributed by atoms with Gasteiger partial charge < -0.3 is 16.0 Å². The van der Waals surface area contributed by atoms with Gasteiger partial charge in [0.2, 0.25) is 5.91 Å². The van der Waals surface area contributed by atoms with Gasteiger partial charge in [0, 0.05) is 31.3 Å². The maximum absolute atomic E-state index is 13.3. The number of carbonyl (C=O) groups excluding carboxylic acids is 3. The highest BCUT2D eigenvalue weighted by Gasteiger charge is 2.17. The zero-order valence-electron chi connectivity index (χ0n) is 21.4. The Balaban J connectivity index is 1.47. The minimum atomic E-state index is -0.498. The Labute approximate surface area is 250 Å². The Hall–Kier alpha value is -3.85. The lowest BCUT2D eigenvalue weighted by atomic mass is 10.1. The van der Waals surface area contributed by atoms with Crippen LogP contribution in [0.4, 0.5) is 11.4 Å². The van der Waals surface area contributed by atoms with E-state index < -0.39 is 11.8 Å². The van der Waals surface area contributed by atoms with Gasteiger partial charge in [0.25, 0.3) is 11.8 Å². The molecule has 0 radical (unpaired) electrons. The van der Waals surface area contributed by atoms with E-state index in [1.807, 2.05) is 43.3 Å². The van der Waals surface area contributed by atoms with Crippen LogP contribution in [0.2, 0.25) is 5.02 Å². The van der Waals surface area contributed by atoms with E-state index in [1.54, 1.807) is 72.8 Å². The first-order valence-electron chi connectivity index (χ1n) is 12.2. The number of nitrogens with one attached hydrogen (secondary N) is 3. The summed E-state index contributed by atoms with van der Waals surface area (Å²) in [5.74, 6) is -1.05. The lowest BCUT2D eigenvalue weighted by molar-refractivity contribution is -0.115. The first-order chi connectivity index (χ1) is 19.3. The molecule has 0 aliphatic rings. The van der Waals surface area contributed by atoms with Crippen molar-refractivity contribution in [1.82, 2.24) is 5.32 Å². The first-order valence-corrected chi connectivity index (χ1v) is 14.3. The highest BCUT2D eigenvalue weighted by atomic mass is 79.9. The summed E-state index contributed by atoms with van der Waals surface area (Å²) >= 11 is 10.7. The minimum absolute atomic E-state index is 0.0662. The molecule has 4 aromatic carbocycles. The molecule has 3 N–H and O–H groups in total. The highest BCUT2D eigenvalue weighted by Crippen LogP contribution is 2.27. The van der Waals surface area contributed by atoms with Crippen molar-refractivity contribution in [2.75, 3.05) is 10.6 Å². The normalized spacial score (nSPS) is 11.8. The number of thioether (sulfide) groups is 1. The standard InChI is InChI=1S/C31H25BrClN3O3S/c1-20(29(37)34-25-16-12-23(32)13-17-25)40-27-9-5-8-26(19-27)35-31(39)28(18-21-10-14-24(33)15-11-21)36-30(38)22-6-3-2-4-7-22/h2-20H,1H3,(H,34,37)(H,35,39)(H,36,38)/b28-18-. The van der Waals surface area contributed by atoms with E-state index in [0.717, 1.165) is 9.37 Å². The molecule has 0 heterocycles. The van der Waals surface area contributed by atoms with E-state index in [9.17, 15) is 14.4 Å². The molecule has 4 aromatic rings. The summed E-state index contributed by atoms with van der Waals surface area (Å²) in [4.78, 5) is 39.7. The molecule has 0 spiro atoms. The third-order valence-corrected chi connectivity index (χ3v) is 7.47. The van der Waals surface area contributed by atoms with Crippen LogP contribution >= 0.6 is 39.3 Å². The highest BCUT2D eigenvalue weighted by molar-refractivity contribution is 9.10. The molecule has 0 aliphatic carbocycles. The molecule has 6 nitrogen and oxygen atoms in total. The molecule has 4 rings (SSSR count). The summed E-state index contributed by atoms with van der Waals surface area (Å²) in [6.07, 6.45) is 1.58. The summed E-state index contributed by atoms with van der Waals surface area (Å²) in [5.41, 5.74) is 2.41. The fourth-order valence-corrected chi connectivity index (χ4v) is 4.87. The number of halogens is 2. The van der Waals surface area contributed by atoms with Crippen LogP contribution in [-0.2, 0) is 9.59 Å². The second-order valence-electron chi connectivity index (χ2n) is 8.67. The van der Waals surface area contributed by atoms with Gasteiger partial charge in [0.05, 0.1) is 5.25 Å². The van der Waals surface area contributed by atoms with Crippen LogP contribution in [0.25, 0.3) is 6.08 Å². The van der Waals surface area contributed by atoms with Crippen molar-refractivity contribution < 1.29 is 14.4 Å². The molecular formula is C31H25BrClN3O3S. The number of anilines is 2. The van der Waals surface area contributed by atoms with Crippen molar-refractivity contribution >= 4 is 74.5 Å². The van der Waals surface area contributed by atoms with Gasteiger partial charge >= 0.3 is 0 Å². The second-order valence-corrected chi connectivity index (χ2v) is 11.4. The van der Waals surface area contributed by atoms with Crippen molar-refractivity contribution in [3.63, 3.8) is 0 Å². The lowest BCUT2D eigenvalue weighted by Gasteiger charge is -2.14. The van der Waals surface area contributed by atoms with Crippen molar-refractivity contribution in [2.45, 2.75) is 17.1 Å². The van der Waals surface area contributed by atoms with E-state index in [0.29, 0.717) is 27.5 Å². The molecule has 0 bridgehead atoms. The number of hydrogen-bond acceptors (Lipinski definition) is 4. The van der Waals surface area contributed by atoms with Crippen LogP contribution in [0.3, 0.4) is 0 Å². The SMILES string of the molecule is CC(Sc1cccc(NC(=O)/C(=C/c2ccc(Cl)cc2)NC(=O)c2ccccc2)c1)C(=O)Nc1ccc(Br)cc1. The smallest absolute Gasteiger partial charge is 0.272 e. The Kier molecular flexibility index (Phi) is 10.2. The molecule has 3 amide bonds. The third-order valence-electron chi connectivity index (χ3n) is 5.60. The summed E-state index contributed by atoms with van der Waals surface area (Å²) in [7, 11) is 0. The first kappa shape index (κ1) is 29.1. The molecule has 202 valence electrons. The second kappa shape index (κ2) is 14.0. The van der Waals surface area contributed by atoms with Gasteiger partial charge in [0.1, 0.15) is 5.70 Å². The lowest BCUT2D eigenvalue weighted by Crippen LogP contribution is -2.30. The van der Waals surface area contributed by atoms with E-state index >= 15 is 0 Å². The van der Waals surface area contributed by atoms with Gasteiger partial charge in [-0.2, -0.15) is 0 Å². The largest absolute Gasteiger partial charge is 0.325 e. The molecule has 40 heavy (non-hydrogen) atoms. The number of hydrogen-bond donors (Lipinski definition) is 3. The van der Waals surface area contributed by atoms with Crippen LogP contribution in [0.15, 0.2) is 118 Å². The van der Waals surface area contributed by atoms with E-state index in [-0.39, 0.29) is 16.9 Å². The van der Waals surface area contributed by atoms with E-state index in [1.165, 1.54) is 11.8 Å². The predicted molar refractivity (Wildman–Crippen MR) is 166 cm³/mol. The van der Waals surface area contributed by atoms with Crippen LogP contribution in [0.5, 0.6) is 0 Å². The summed E-state index contributed by atoms with van der Waals surface area (Å²) in [6, 6.07) is 30.1. The van der Waals surface area contributed by atoms with Gasteiger partial charge in [-0.25, -0.2) is 0 Å². The summed E-state index contributed by atoms with van der Waals surface area (Å²) < 4.78 is 0.928. The van der Waals surface area contributed by atoms with Crippen LogP contribution in [-0.4, -0.2) is 23.0 Å². The summed E-state index contributed by atoms with van der Waals surface area (Å²) in [6.45, 7) is 1.82. The van der Waals surface area contributed by atoms with Crippen molar-refractivity contribution in [3.05, 3.63) is 129 Å². The van der Waals surface area contributed by atoms with Gasteiger partial charge in [-0.1, -0.05) is 63.9 Å². The van der Waals surface area contributed by atoms with Gasteiger partial charge in [-0.15, -0.1) is 11.8 Å². The van der Waals surface area contributed by atoms with E-state index in [4.69, 9.17) is 11.6 Å². The Morgan fingerprint density at radius 3 is 2.23 bits per heavy atom. The quantitative estimate of drug-likeness (QED) is 0.131. The molecule has 0 fully saturated rings. The third kappa shape index (κ3) is 8.58.